The molecule has 4 rings (SSSR count). The smallest absolute Gasteiger partial charge is 0.267 e. The lowest BCUT2D eigenvalue weighted by Gasteiger charge is -2.28. The van der Waals surface area contributed by atoms with Gasteiger partial charge >= 0.3 is 0 Å². The molecule has 1 fully saturated rings. The standard InChI is InChI=1S/C22H25BrN4O2/c1-14(2)27-21-18(15(3)20(23)22(27)28)13-24-19(25-21)12-16-4-6-17(7-5-16)26-8-10-29-11-9-26/h4-7,13-14H,8-12H2,1-3H3. The van der Waals surface area contributed by atoms with E-state index in [0.29, 0.717) is 22.4 Å². The first-order chi connectivity index (χ1) is 14.0. The Kier molecular flexibility index (Phi) is 5.69. The van der Waals surface area contributed by atoms with Gasteiger partial charge in [0.1, 0.15) is 11.5 Å². The molecule has 1 aromatic carbocycles. The van der Waals surface area contributed by atoms with Crippen LogP contribution in [-0.2, 0) is 11.2 Å². The summed E-state index contributed by atoms with van der Waals surface area (Å²) in [4.78, 5) is 24.4. The van der Waals surface area contributed by atoms with Crippen LogP contribution in [0, 0.1) is 6.92 Å². The first-order valence-electron chi connectivity index (χ1n) is 9.93. The maximum Gasteiger partial charge on any atom is 0.267 e. The summed E-state index contributed by atoms with van der Waals surface area (Å²) >= 11 is 3.43. The van der Waals surface area contributed by atoms with Crippen LogP contribution in [0.4, 0.5) is 5.69 Å². The molecule has 0 bridgehead atoms. The average molecular weight is 457 g/mol. The number of aryl methyl sites for hydroxylation is 1. The van der Waals surface area contributed by atoms with E-state index >= 15 is 0 Å². The molecule has 152 valence electrons. The van der Waals surface area contributed by atoms with E-state index in [1.807, 2.05) is 27.0 Å². The quantitative estimate of drug-likeness (QED) is 0.596. The average Bonchev–Trinajstić information content (AvgIpc) is 2.73. The molecule has 0 unspecified atom stereocenters. The van der Waals surface area contributed by atoms with E-state index in [0.717, 1.165) is 42.8 Å². The van der Waals surface area contributed by atoms with Crippen LogP contribution in [0.5, 0.6) is 0 Å². The Morgan fingerprint density at radius 2 is 1.86 bits per heavy atom. The molecule has 1 saturated heterocycles. The van der Waals surface area contributed by atoms with Gasteiger partial charge in [-0.2, -0.15) is 0 Å². The molecule has 0 aliphatic carbocycles. The van der Waals surface area contributed by atoms with Gasteiger partial charge < -0.3 is 9.64 Å². The molecule has 0 saturated carbocycles. The van der Waals surface area contributed by atoms with Crippen molar-refractivity contribution in [3.8, 4) is 0 Å². The molecule has 3 aromatic rings. The fourth-order valence-corrected chi connectivity index (χ4v) is 4.13. The molecule has 1 aliphatic heterocycles. The van der Waals surface area contributed by atoms with Crippen molar-refractivity contribution in [1.29, 1.82) is 0 Å². The van der Waals surface area contributed by atoms with E-state index in [2.05, 4.69) is 50.1 Å². The van der Waals surface area contributed by atoms with Crippen LogP contribution in [0.25, 0.3) is 11.0 Å². The summed E-state index contributed by atoms with van der Waals surface area (Å²) < 4.78 is 7.74. The highest BCUT2D eigenvalue weighted by atomic mass is 79.9. The third kappa shape index (κ3) is 3.94. The predicted octanol–water partition coefficient (Wildman–Crippen LogP) is 3.87. The summed E-state index contributed by atoms with van der Waals surface area (Å²) in [6.45, 7) is 9.32. The molecule has 29 heavy (non-hydrogen) atoms. The van der Waals surface area contributed by atoms with Crippen molar-refractivity contribution in [2.75, 3.05) is 31.2 Å². The minimum atomic E-state index is -0.0514. The minimum Gasteiger partial charge on any atom is -0.378 e. The van der Waals surface area contributed by atoms with Crippen LogP contribution in [0.15, 0.2) is 39.7 Å². The van der Waals surface area contributed by atoms with Crippen molar-refractivity contribution in [2.24, 2.45) is 0 Å². The Hall–Kier alpha value is -2.25. The van der Waals surface area contributed by atoms with E-state index in [4.69, 9.17) is 9.72 Å². The first-order valence-corrected chi connectivity index (χ1v) is 10.7. The molecule has 0 amide bonds. The van der Waals surface area contributed by atoms with Crippen molar-refractivity contribution >= 4 is 32.7 Å². The van der Waals surface area contributed by atoms with Gasteiger partial charge in [0.25, 0.3) is 5.56 Å². The number of benzene rings is 1. The van der Waals surface area contributed by atoms with E-state index in [1.54, 1.807) is 4.57 Å². The third-order valence-corrected chi connectivity index (χ3v) is 6.31. The van der Waals surface area contributed by atoms with Crippen LogP contribution in [0.2, 0.25) is 0 Å². The molecule has 1 aliphatic rings. The van der Waals surface area contributed by atoms with E-state index in [1.165, 1.54) is 5.69 Å². The number of halogens is 1. The zero-order valence-electron chi connectivity index (χ0n) is 17.0. The topological polar surface area (TPSA) is 60.2 Å². The van der Waals surface area contributed by atoms with Gasteiger partial charge in [0.15, 0.2) is 0 Å². The molecule has 0 radical (unpaired) electrons. The van der Waals surface area contributed by atoms with Crippen molar-refractivity contribution in [3.05, 3.63) is 62.2 Å². The highest BCUT2D eigenvalue weighted by molar-refractivity contribution is 9.10. The number of nitrogens with zero attached hydrogens (tertiary/aromatic N) is 4. The molecule has 7 heteroatoms. The second kappa shape index (κ2) is 8.24. The van der Waals surface area contributed by atoms with Gasteiger partial charge in [0, 0.05) is 42.8 Å². The van der Waals surface area contributed by atoms with Gasteiger partial charge in [-0.25, -0.2) is 9.97 Å². The largest absolute Gasteiger partial charge is 0.378 e. The maximum atomic E-state index is 12.7. The predicted molar refractivity (Wildman–Crippen MR) is 119 cm³/mol. The zero-order valence-corrected chi connectivity index (χ0v) is 18.6. The molecular weight excluding hydrogens is 432 g/mol. The van der Waals surface area contributed by atoms with Crippen LogP contribution in [0.1, 0.15) is 36.8 Å². The molecule has 0 N–H and O–H groups in total. The van der Waals surface area contributed by atoms with Crippen molar-refractivity contribution < 1.29 is 4.74 Å². The second-order valence-corrected chi connectivity index (χ2v) is 8.47. The lowest BCUT2D eigenvalue weighted by molar-refractivity contribution is 0.122. The Morgan fingerprint density at radius 3 is 2.52 bits per heavy atom. The fourth-order valence-electron chi connectivity index (χ4n) is 3.73. The third-order valence-electron chi connectivity index (χ3n) is 5.38. The number of pyridine rings is 1. The molecular formula is C22H25BrN4O2. The summed E-state index contributed by atoms with van der Waals surface area (Å²) in [6.07, 6.45) is 2.46. The maximum absolute atomic E-state index is 12.7. The van der Waals surface area contributed by atoms with Crippen molar-refractivity contribution in [2.45, 2.75) is 33.2 Å². The van der Waals surface area contributed by atoms with Crippen LogP contribution < -0.4 is 10.5 Å². The second-order valence-electron chi connectivity index (χ2n) is 7.67. The minimum absolute atomic E-state index is 0.0115. The number of ether oxygens (including phenoxy) is 1. The summed E-state index contributed by atoms with van der Waals surface area (Å²) in [5, 5.41) is 0.900. The van der Waals surface area contributed by atoms with Crippen LogP contribution >= 0.6 is 15.9 Å². The van der Waals surface area contributed by atoms with Crippen LogP contribution in [0.3, 0.4) is 0 Å². The number of fused-ring (bicyclic) bond motifs is 1. The van der Waals surface area contributed by atoms with Gasteiger partial charge in [-0.1, -0.05) is 12.1 Å². The lowest BCUT2D eigenvalue weighted by Crippen LogP contribution is -2.36. The summed E-state index contributed by atoms with van der Waals surface area (Å²) in [7, 11) is 0. The molecule has 3 heterocycles. The van der Waals surface area contributed by atoms with Crippen molar-refractivity contribution in [1.82, 2.24) is 14.5 Å². The molecule has 2 aromatic heterocycles. The number of rotatable bonds is 4. The van der Waals surface area contributed by atoms with Crippen molar-refractivity contribution in [3.63, 3.8) is 0 Å². The van der Waals surface area contributed by atoms with Crippen LogP contribution in [-0.4, -0.2) is 40.8 Å². The van der Waals surface area contributed by atoms with Gasteiger partial charge in [0.05, 0.1) is 17.7 Å². The molecule has 0 spiro atoms. The number of hydrogen-bond donors (Lipinski definition) is 0. The highest BCUT2D eigenvalue weighted by Crippen LogP contribution is 2.24. The monoisotopic (exact) mass is 456 g/mol. The zero-order chi connectivity index (χ0) is 20.5. The fraction of sp³-hybridized carbons (Fsp3) is 0.409. The molecule has 0 atom stereocenters. The Labute approximate surface area is 178 Å². The number of hydrogen-bond acceptors (Lipinski definition) is 5. The summed E-state index contributed by atoms with van der Waals surface area (Å²) in [5.41, 5.74) is 3.88. The number of aromatic nitrogens is 3. The Bertz CT molecular complexity index is 1090. The number of anilines is 1. The highest BCUT2D eigenvalue weighted by Gasteiger charge is 2.17. The first kappa shape index (κ1) is 20.0. The summed E-state index contributed by atoms with van der Waals surface area (Å²) in [6, 6.07) is 8.55. The van der Waals surface area contributed by atoms with Gasteiger partial charge in [-0.05, 0) is 60.0 Å². The SMILES string of the molecule is Cc1c(Br)c(=O)n(C(C)C)c2nc(Cc3ccc(N4CCOCC4)cc3)ncc12. The summed E-state index contributed by atoms with van der Waals surface area (Å²) in [5.74, 6) is 0.715. The lowest BCUT2D eigenvalue weighted by atomic mass is 10.1. The van der Waals surface area contributed by atoms with Gasteiger partial charge in [-0.15, -0.1) is 0 Å². The molecule has 6 nitrogen and oxygen atoms in total. The van der Waals surface area contributed by atoms with E-state index < -0.39 is 0 Å². The Balaban J connectivity index is 1.65. The van der Waals surface area contributed by atoms with E-state index in [9.17, 15) is 4.79 Å². The number of morpholine rings is 1. The normalized spacial score (nSPS) is 14.7. The van der Waals surface area contributed by atoms with Gasteiger partial charge in [-0.3, -0.25) is 9.36 Å². The Morgan fingerprint density at radius 1 is 1.17 bits per heavy atom. The van der Waals surface area contributed by atoms with Gasteiger partial charge in [0.2, 0.25) is 0 Å². The van der Waals surface area contributed by atoms with E-state index in [-0.39, 0.29) is 11.6 Å².